The van der Waals surface area contributed by atoms with Crippen molar-refractivity contribution in [3.8, 4) is 6.07 Å². The Morgan fingerprint density at radius 1 is 1.30 bits per heavy atom. The van der Waals surface area contributed by atoms with Gasteiger partial charge >= 0.3 is 0 Å². The van der Waals surface area contributed by atoms with Crippen molar-refractivity contribution in [2.75, 3.05) is 5.32 Å². The van der Waals surface area contributed by atoms with Crippen LogP contribution in [0.4, 0.5) is 5.00 Å². The van der Waals surface area contributed by atoms with Crippen molar-refractivity contribution in [1.29, 1.82) is 5.26 Å². The number of hydrogen-bond donors (Lipinski definition) is 1. The molecule has 1 unspecified atom stereocenters. The quantitative estimate of drug-likeness (QED) is 0.693. The van der Waals surface area contributed by atoms with Crippen molar-refractivity contribution >= 4 is 28.3 Å². The van der Waals surface area contributed by atoms with E-state index in [0.717, 1.165) is 30.4 Å². The van der Waals surface area contributed by atoms with E-state index in [0.29, 0.717) is 16.5 Å². The van der Waals surface area contributed by atoms with Crippen LogP contribution in [-0.4, -0.2) is 5.91 Å². The third-order valence-electron chi connectivity index (χ3n) is 5.34. The maximum atomic E-state index is 12.4. The summed E-state index contributed by atoms with van der Waals surface area (Å²) in [7, 11) is 0. The Morgan fingerprint density at radius 2 is 2.00 bits per heavy atom. The van der Waals surface area contributed by atoms with Gasteiger partial charge < -0.3 is 5.32 Å². The molecule has 0 fully saturated rings. The number of nitrogens with zero attached hydrogens (tertiary/aromatic N) is 1. The molecular formula is C23H26N2OS. The first-order valence-electron chi connectivity index (χ1n) is 9.38. The number of fused-ring (bicyclic) bond motifs is 1. The van der Waals surface area contributed by atoms with Gasteiger partial charge in [-0.1, -0.05) is 50.6 Å². The van der Waals surface area contributed by atoms with Gasteiger partial charge in [0.2, 0.25) is 5.91 Å². The molecule has 1 aliphatic rings. The average Bonchev–Trinajstić information content (AvgIpc) is 2.96. The number of carbonyl (C=O) groups is 1. The summed E-state index contributed by atoms with van der Waals surface area (Å²) in [5.74, 6) is 0.415. The van der Waals surface area contributed by atoms with Gasteiger partial charge in [0, 0.05) is 11.0 Å². The molecule has 1 aliphatic carbocycles. The normalized spacial score (nSPS) is 16.8. The van der Waals surface area contributed by atoms with Crippen LogP contribution in [0.5, 0.6) is 0 Å². The van der Waals surface area contributed by atoms with Gasteiger partial charge in [-0.05, 0) is 54.7 Å². The zero-order valence-electron chi connectivity index (χ0n) is 16.4. The topological polar surface area (TPSA) is 52.9 Å². The summed E-state index contributed by atoms with van der Waals surface area (Å²) >= 11 is 1.57. The van der Waals surface area contributed by atoms with Gasteiger partial charge in [-0.3, -0.25) is 4.79 Å². The number of nitrogens with one attached hydrogen (secondary N) is 1. The largest absolute Gasteiger partial charge is 0.313 e. The van der Waals surface area contributed by atoms with Crippen LogP contribution in [0.1, 0.15) is 54.3 Å². The molecule has 1 amide bonds. The number of carbonyl (C=O) groups excluding carboxylic acids is 1. The third-order valence-corrected chi connectivity index (χ3v) is 6.51. The summed E-state index contributed by atoms with van der Waals surface area (Å²) in [6.07, 6.45) is 6.34. The molecule has 4 heteroatoms. The number of benzene rings is 1. The molecule has 140 valence electrons. The molecule has 0 aliphatic heterocycles. The number of nitriles is 1. The van der Waals surface area contributed by atoms with Crippen molar-refractivity contribution in [3.05, 3.63) is 57.5 Å². The first kappa shape index (κ1) is 19.4. The molecule has 1 heterocycles. The first-order valence-corrected chi connectivity index (χ1v) is 10.2. The Hall–Kier alpha value is -2.38. The van der Waals surface area contributed by atoms with Gasteiger partial charge in [0.25, 0.3) is 0 Å². The zero-order chi connectivity index (χ0) is 19.6. The van der Waals surface area contributed by atoms with Crippen LogP contribution < -0.4 is 5.32 Å². The van der Waals surface area contributed by atoms with Gasteiger partial charge in [0.15, 0.2) is 0 Å². The molecule has 27 heavy (non-hydrogen) atoms. The number of thiophene rings is 1. The number of hydrogen-bond acceptors (Lipinski definition) is 3. The highest BCUT2D eigenvalue weighted by Gasteiger charge is 2.32. The highest BCUT2D eigenvalue weighted by Crippen LogP contribution is 2.43. The predicted molar refractivity (Wildman–Crippen MR) is 113 cm³/mol. The van der Waals surface area contributed by atoms with Crippen LogP contribution >= 0.6 is 11.3 Å². The molecule has 0 bridgehead atoms. The van der Waals surface area contributed by atoms with E-state index >= 15 is 0 Å². The van der Waals surface area contributed by atoms with E-state index in [-0.39, 0.29) is 11.3 Å². The monoisotopic (exact) mass is 378 g/mol. The first-order chi connectivity index (χ1) is 12.8. The van der Waals surface area contributed by atoms with Gasteiger partial charge in [0.1, 0.15) is 11.1 Å². The third kappa shape index (κ3) is 4.48. The molecule has 1 N–H and O–H groups in total. The van der Waals surface area contributed by atoms with Crippen molar-refractivity contribution in [2.24, 2.45) is 11.3 Å². The fourth-order valence-corrected chi connectivity index (χ4v) is 4.82. The Bertz CT molecular complexity index is 908. The molecule has 0 saturated heterocycles. The summed E-state index contributed by atoms with van der Waals surface area (Å²) in [6.45, 7) is 8.87. The number of amides is 1. The molecule has 3 rings (SSSR count). The lowest BCUT2D eigenvalue weighted by molar-refractivity contribution is -0.111. The van der Waals surface area contributed by atoms with Crippen molar-refractivity contribution in [3.63, 3.8) is 0 Å². The van der Waals surface area contributed by atoms with E-state index in [1.165, 1.54) is 16.5 Å². The molecule has 0 saturated carbocycles. The minimum absolute atomic E-state index is 0.196. The zero-order valence-corrected chi connectivity index (χ0v) is 17.2. The van der Waals surface area contributed by atoms with Crippen LogP contribution in [0.2, 0.25) is 0 Å². The highest BCUT2D eigenvalue weighted by molar-refractivity contribution is 7.16. The van der Waals surface area contributed by atoms with Crippen LogP contribution in [0.15, 0.2) is 30.3 Å². The lowest BCUT2D eigenvalue weighted by Crippen LogP contribution is -2.26. The molecule has 1 atom stereocenters. The lowest BCUT2D eigenvalue weighted by atomic mass is 9.72. The summed E-state index contributed by atoms with van der Waals surface area (Å²) < 4.78 is 0. The fourth-order valence-electron chi connectivity index (χ4n) is 3.53. The maximum absolute atomic E-state index is 12.4. The van der Waals surface area contributed by atoms with Crippen LogP contribution in [0, 0.1) is 29.6 Å². The highest BCUT2D eigenvalue weighted by atomic mass is 32.1. The summed E-state index contributed by atoms with van der Waals surface area (Å²) in [5.41, 5.74) is 4.22. The lowest BCUT2D eigenvalue weighted by Gasteiger charge is -2.33. The smallest absolute Gasteiger partial charge is 0.249 e. The Labute approximate surface area is 165 Å². The second-order valence-corrected chi connectivity index (χ2v) is 9.46. The SMILES string of the molecule is Cc1ccc(C=CC(=O)Nc2sc3c(c2C#N)CCC(C(C)(C)C)C3)cc1. The Kier molecular flexibility index (Phi) is 5.53. The number of anilines is 1. The Balaban J connectivity index is 1.76. The van der Waals surface area contributed by atoms with Crippen LogP contribution in [-0.2, 0) is 17.6 Å². The maximum Gasteiger partial charge on any atom is 0.249 e. The van der Waals surface area contributed by atoms with Crippen LogP contribution in [0.3, 0.4) is 0 Å². The van der Waals surface area contributed by atoms with Gasteiger partial charge in [0.05, 0.1) is 5.56 Å². The standard InChI is InChI=1S/C23H26N2OS/c1-15-5-7-16(8-6-15)9-12-21(26)25-22-19(14-24)18-11-10-17(23(2,3)4)13-20(18)27-22/h5-9,12,17H,10-11,13H2,1-4H3,(H,25,26). The van der Waals surface area contributed by atoms with Crippen molar-refractivity contribution in [1.82, 2.24) is 0 Å². The molecular weight excluding hydrogens is 352 g/mol. The molecule has 1 aromatic carbocycles. The average molecular weight is 379 g/mol. The molecule has 0 radical (unpaired) electrons. The minimum Gasteiger partial charge on any atom is -0.313 e. The second kappa shape index (κ2) is 7.70. The van der Waals surface area contributed by atoms with Crippen molar-refractivity contribution in [2.45, 2.75) is 47.0 Å². The van der Waals surface area contributed by atoms with E-state index in [1.807, 2.05) is 31.2 Å². The van der Waals surface area contributed by atoms with Crippen LogP contribution in [0.25, 0.3) is 6.08 Å². The summed E-state index contributed by atoms with van der Waals surface area (Å²) in [6, 6.07) is 10.3. The second-order valence-electron chi connectivity index (χ2n) is 8.36. The van der Waals surface area contributed by atoms with Gasteiger partial charge in [-0.25, -0.2) is 0 Å². The number of aryl methyl sites for hydroxylation is 1. The fraction of sp³-hybridized carbons (Fsp3) is 0.391. The van der Waals surface area contributed by atoms with Gasteiger partial charge in [-0.2, -0.15) is 5.26 Å². The molecule has 2 aromatic rings. The van der Waals surface area contributed by atoms with E-state index in [1.54, 1.807) is 17.4 Å². The van der Waals surface area contributed by atoms with E-state index in [9.17, 15) is 10.1 Å². The van der Waals surface area contributed by atoms with E-state index < -0.39 is 0 Å². The molecule has 1 aromatic heterocycles. The molecule has 3 nitrogen and oxygen atoms in total. The summed E-state index contributed by atoms with van der Waals surface area (Å²) in [5, 5.41) is 13.2. The summed E-state index contributed by atoms with van der Waals surface area (Å²) in [4.78, 5) is 13.6. The molecule has 0 spiro atoms. The minimum atomic E-state index is -0.196. The van der Waals surface area contributed by atoms with E-state index in [2.05, 4.69) is 32.2 Å². The number of rotatable bonds is 3. The van der Waals surface area contributed by atoms with Gasteiger partial charge in [-0.15, -0.1) is 11.3 Å². The van der Waals surface area contributed by atoms with E-state index in [4.69, 9.17) is 0 Å². The van der Waals surface area contributed by atoms with Crippen molar-refractivity contribution < 1.29 is 4.79 Å². The Morgan fingerprint density at radius 3 is 2.63 bits per heavy atom. The predicted octanol–water partition coefficient (Wildman–Crippen LogP) is 5.73.